The highest BCUT2D eigenvalue weighted by Gasteiger charge is 2.07. The van der Waals surface area contributed by atoms with Crippen molar-refractivity contribution in [3.8, 4) is 11.8 Å². The number of nitriles is 1. The van der Waals surface area contributed by atoms with Crippen LogP contribution < -0.4 is 10.1 Å². The molecule has 1 N–H and O–H groups in total. The van der Waals surface area contributed by atoms with Crippen LogP contribution in [0.1, 0.15) is 45.1 Å². The summed E-state index contributed by atoms with van der Waals surface area (Å²) in [6.07, 6.45) is 4.83. The lowest BCUT2D eigenvalue weighted by Gasteiger charge is -2.16. The molecule has 1 aromatic carbocycles. The van der Waals surface area contributed by atoms with Gasteiger partial charge < -0.3 is 10.1 Å². The Labute approximate surface area is 110 Å². The SMILES string of the molecule is CCCCCC(C)Nc1cc(OC)ccc1C#N. The molecule has 0 spiro atoms. The number of hydrogen-bond donors (Lipinski definition) is 1. The molecule has 18 heavy (non-hydrogen) atoms. The Bertz CT molecular complexity index is 409. The van der Waals surface area contributed by atoms with Gasteiger partial charge in [0.15, 0.2) is 0 Å². The van der Waals surface area contributed by atoms with Crippen LogP contribution in [0.25, 0.3) is 0 Å². The number of ether oxygens (including phenoxy) is 1. The van der Waals surface area contributed by atoms with Gasteiger partial charge in [0, 0.05) is 12.1 Å². The molecule has 0 aliphatic carbocycles. The molecular weight excluding hydrogens is 224 g/mol. The summed E-state index contributed by atoms with van der Waals surface area (Å²) in [6, 6.07) is 8.06. The van der Waals surface area contributed by atoms with Gasteiger partial charge in [0.1, 0.15) is 11.8 Å². The van der Waals surface area contributed by atoms with Crippen molar-refractivity contribution < 1.29 is 4.74 Å². The first kappa shape index (κ1) is 14.4. The van der Waals surface area contributed by atoms with E-state index in [1.54, 1.807) is 13.2 Å². The molecule has 1 unspecified atom stereocenters. The second-order valence-corrected chi connectivity index (χ2v) is 4.56. The van der Waals surface area contributed by atoms with Gasteiger partial charge in [-0.2, -0.15) is 5.26 Å². The summed E-state index contributed by atoms with van der Waals surface area (Å²) in [5, 5.41) is 12.5. The lowest BCUT2D eigenvalue weighted by atomic mass is 10.1. The molecule has 0 radical (unpaired) electrons. The quantitative estimate of drug-likeness (QED) is 0.741. The van der Waals surface area contributed by atoms with E-state index >= 15 is 0 Å². The van der Waals surface area contributed by atoms with Gasteiger partial charge in [-0.05, 0) is 25.5 Å². The summed E-state index contributed by atoms with van der Waals surface area (Å²) in [4.78, 5) is 0. The zero-order valence-corrected chi connectivity index (χ0v) is 11.5. The van der Waals surface area contributed by atoms with Gasteiger partial charge >= 0.3 is 0 Å². The third-order valence-electron chi connectivity index (χ3n) is 2.99. The minimum atomic E-state index is 0.371. The lowest BCUT2D eigenvalue weighted by Crippen LogP contribution is -2.15. The third kappa shape index (κ3) is 4.29. The van der Waals surface area contributed by atoms with Gasteiger partial charge in [0.25, 0.3) is 0 Å². The van der Waals surface area contributed by atoms with Crippen LogP contribution in [0, 0.1) is 11.3 Å². The van der Waals surface area contributed by atoms with Crippen LogP contribution in [0.5, 0.6) is 5.75 Å². The van der Waals surface area contributed by atoms with Crippen molar-refractivity contribution >= 4 is 5.69 Å². The van der Waals surface area contributed by atoms with Crippen molar-refractivity contribution in [1.82, 2.24) is 0 Å². The molecule has 3 heteroatoms. The van der Waals surface area contributed by atoms with Crippen LogP contribution in [0.3, 0.4) is 0 Å². The van der Waals surface area contributed by atoms with Gasteiger partial charge in [0.2, 0.25) is 0 Å². The Balaban J connectivity index is 2.67. The topological polar surface area (TPSA) is 45.0 Å². The Morgan fingerprint density at radius 3 is 2.78 bits per heavy atom. The molecule has 0 heterocycles. The van der Waals surface area contributed by atoms with Gasteiger partial charge in [-0.25, -0.2) is 0 Å². The van der Waals surface area contributed by atoms with Crippen LogP contribution >= 0.6 is 0 Å². The summed E-state index contributed by atoms with van der Waals surface area (Å²) in [5.41, 5.74) is 1.53. The number of benzene rings is 1. The second-order valence-electron chi connectivity index (χ2n) is 4.56. The van der Waals surface area contributed by atoms with E-state index in [9.17, 15) is 0 Å². The molecule has 1 rings (SSSR count). The molecule has 0 saturated carbocycles. The third-order valence-corrected chi connectivity index (χ3v) is 2.99. The van der Waals surface area contributed by atoms with Crippen LogP contribution in [0.2, 0.25) is 0 Å². The summed E-state index contributed by atoms with van der Waals surface area (Å²) < 4.78 is 5.19. The lowest BCUT2D eigenvalue weighted by molar-refractivity contribution is 0.415. The predicted octanol–water partition coefficient (Wildman–Crippen LogP) is 3.95. The van der Waals surface area contributed by atoms with Crippen molar-refractivity contribution in [2.45, 2.75) is 45.6 Å². The molecule has 0 aliphatic heterocycles. The smallest absolute Gasteiger partial charge is 0.121 e. The average Bonchev–Trinajstić information content (AvgIpc) is 2.39. The van der Waals surface area contributed by atoms with Crippen molar-refractivity contribution in [3.63, 3.8) is 0 Å². The number of unbranched alkanes of at least 4 members (excludes halogenated alkanes) is 2. The van der Waals surface area contributed by atoms with E-state index < -0.39 is 0 Å². The van der Waals surface area contributed by atoms with Crippen molar-refractivity contribution in [2.75, 3.05) is 12.4 Å². The maximum atomic E-state index is 9.08. The minimum absolute atomic E-state index is 0.371. The largest absolute Gasteiger partial charge is 0.497 e. The second kappa shape index (κ2) is 7.60. The predicted molar refractivity (Wildman–Crippen MR) is 74.9 cm³/mol. The zero-order chi connectivity index (χ0) is 13.4. The first-order valence-corrected chi connectivity index (χ1v) is 6.56. The van der Waals surface area contributed by atoms with Gasteiger partial charge in [0.05, 0.1) is 18.4 Å². The normalized spacial score (nSPS) is 11.7. The Hall–Kier alpha value is -1.69. The standard InChI is InChI=1S/C15H22N2O/c1-4-5-6-7-12(2)17-15-10-14(18-3)9-8-13(15)11-16/h8-10,12,17H,4-7H2,1-3H3. The number of anilines is 1. The number of nitrogens with zero attached hydrogens (tertiary/aromatic N) is 1. The van der Waals surface area contributed by atoms with Crippen LogP contribution in [-0.4, -0.2) is 13.2 Å². The van der Waals surface area contributed by atoms with E-state index in [1.165, 1.54) is 19.3 Å². The summed E-state index contributed by atoms with van der Waals surface area (Å²) >= 11 is 0. The summed E-state index contributed by atoms with van der Waals surface area (Å²) in [7, 11) is 1.63. The molecule has 1 atom stereocenters. The van der Waals surface area contributed by atoms with Crippen LogP contribution in [0.15, 0.2) is 18.2 Å². The van der Waals surface area contributed by atoms with Crippen molar-refractivity contribution in [1.29, 1.82) is 5.26 Å². The number of hydrogen-bond acceptors (Lipinski definition) is 3. The van der Waals surface area contributed by atoms with Crippen LogP contribution in [-0.2, 0) is 0 Å². The molecule has 0 saturated heterocycles. The Kier molecular flexibility index (Phi) is 6.07. The molecule has 0 aliphatic rings. The molecule has 3 nitrogen and oxygen atoms in total. The molecule has 1 aromatic rings. The fraction of sp³-hybridized carbons (Fsp3) is 0.533. The zero-order valence-electron chi connectivity index (χ0n) is 11.5. The monoisotopic (exact) mass is 246 g/mol. The Morgan fingerprint density at radius 2 is 2.17 bits per heavy atom. The molecule has 0 fully saturated rings. The Morgan fingerprint density at radius 1 is 1.39 bits per heavy atom. The van der Waals surface area contributed by atoms with Gasteiger partial charge in [-0.3, -0.25) is 0 Å². The van der Waals surface area contributed by atoms with E-state index in [0.717, 1.165) is 17.9 Å². The van der Waals surface area contributed by atoms with E-state index in [2.05, 4.69) is 25.2 Å². The molecule has 0 aromatic heterocycles. The maximum Gasteiger partial charge on any atom is 0.121 e. The first-order chi connectivity index (χ1) is 8.71. The maximum absolute atomic E-state index is 9.08. The molecular formula is C15H22N2O. The van der Waals surface area contributed by atoms with E-state index in [0.29, 0.717) is 11.6 Å². The van der Waals surface area contributed by atoms with E-state index in [-0.39, 0.29) is 0 Å². The molecule has 0 amide bonds. The van der Waals surface area contributed by atoms with Crippen molar-refractivity contribution in [2.24, 2.45) is 0 Å². The highest BCUT2D eigenvalue weighted by molar-refractivity contribution is 5.60. The molecule has 98 valence electrons. The minimum Gasteiger partial charge on any atom is -0.497 e. The first-order valence-electron chi connectivity index (χ1n) is 6.56. The van der Waals surface area contributed by atoms with E-state index in [1.807, 2.05) is 12.1 Å². The van der Waals surface area contributed by atoms with Crippen LogP contribution in [0.4, 0.5) is 5.69 Å². The highest BCUT2D eigenvalue weighted by atomic mass is 16.5. The highest BCUT2D eigenvalue weighted by Crippen LogP contribution is 2.23. The molecule has 0 bridgehead atoms. The van der Waals surface area contributed by atoms with Gasteiger partial charge in [-0.1, -0.05) is 26.2 Å². The number of nitrogens with one attached hydrogen (secondary N) is 1. The average molecular weight is 246 g/mol. The summed E-state index contributed by atoms with van der Waals surface area (Å²) in [6.45, 7) is 4.35. The fourth-order valence-electron chi connectivity index (χ4n) is 1.91. The fourth-order valence-corrected chi connectivity index (χ4v) is 1.91. The number of rotatable bonds is 7. The van der Waals surface area contributed by atoms with E-state index in [4.69, 9.17) is 10.00 Å². The summed E-state index contributed by atoms with van der Waals surface area (Å²) in [5.74, 6) is 0.775. The van der Waals surface area contributed by atoms with Crippen molar-refractivity contribution in [3.05, 3.63) is 23.8 Å². The number of methoxy groups -OCH3 is 1. The van der Waals surface area contributed by atoms with Gasteiger partial charge in [-0.15, -0.1) is 0 Å².